The molecule has 0 N–H and O–H groups in total. The summed E-state index contributed by atoms with van der Waals surface area (Å²) >= 11 is 0. The molecule has 0 spiro atoms. The lowest BCUT2D eigenvalue weighted by atomic mass is 9.89. The maximum absolute atomic E-state index is 12.8. The molecule has 2 aliphatic rings. The number of hydrogen-bond acceptors (Lipinski definition) is 6. The number of nitrogens with zero attached hydrogens (tertiary/aromatic N) is 3. The minimum absolute atomic E-state index is 0.0222. The van der Waals surface area contributed by atoms with Crippen molar-refractivity contribution in [3.63, 3.8) is 0 Å². The molecule has 2 aliphatic heterocycles. The second kappa shape index (κ2) is 11.5. The fourth-order valence-electron chi connectivity index (χ4n) is 5.04. The third-order valence-electron chi connectivity index (χ3n) is 7.22. The number of nitro benzene ring substituents is 1. The molecule has 2 aromatic carbocycles. The SMILES string of the molecule is COc1cc(OC2CCN(C(=O)CCN3CCC(c4ccc(C)cc4)CC3)CC2)ccc1[N+](=O)[O-]. The predicted octanol–water partition coefficient (Wildman–Crippen LogP) is 4.55. The van der Waals surface area contributed by atoms with Gasteiger partial charge in [0.2, 0.25) is 11.7 Å². The number of aryl methyl sites for hydroxylation is 1. The van der Waals surface area contributed by atoms with E-state index < -0.39 is 4.92 Å². The van der Waals surface area contributed by atoms with Gasteiger partial charge in [0.1, 0.15) is 11.9 Å². The first-order chi connectivity index (χ1) is 16.9. The van der Waals surface area contributed by atoms with Crippen molar-refractivity contribution in [1.29, 1.82) is 0 Å². The van der Waals surface area contributed by atoms with Crippen LogP contribution in [0.15, 0.2) is 42.5 Å². The molecule has 0 saturated carbocycles. The van der Waals surface area contributed by atoms with Crippen molar-refractivity contribution in [2.45, 2.75) is 51.0 Å². The largest absolute Gasteiger partial charge is 0.490 e. The average Bonchev–Trinajstić information content (AvgIpc) is 2.88. The van der Waals surface area contributed by atoms with Gasteiger partial charge in [0.05, 0.1) is 12.0 Å². The van der Waals surface area contributed by atoms with Crippen molar-refractivity contribution in [3.8, 4) is 11.5 Å². The summed E-state index contributed by atoms with van der Waals surface area (Å²) in [6, 6.07) is 13.4. The summed E-state index contributed by atoms with van der Waals surface area (Å²) in [6.45, 7) is 6.36. The van der Waals surface area contributed by atoms with Crippen LogP contribution in [0.1, 0.15) is 49.1 Å². The summed E-state index contributed by atoms with van der Waals surface area (Å²) in [5.74, 6) is 1.56. The summed E-state index contributed by atoms with van der Waals surface area (Å²) in [4.78, 5) is 27.7. The first-order valence-electron chi connectivity index (χ1n) is 12.5. The minimum atomic E-state index is -0.473. The van der Waals surface area contributed by atoms with Gasteiger partial charge in [-0.2, -0.15) is 0 Å². The molecule has 2 heterocycles. The zero-order valence-corrected chi connectivity index (χ0v) is 20.7. The monoisotopic (exact) mass is 481 g/mol. The highest BCUT2D eigenvalue weighted by molar-refractivity contribution is 5.76. The van der Waals surface area contributed by atoms with E-state index in [0.717, 1.165) is 45.3 Å². The highest BCUT2D eigenvalue weighted by atomic mass is 16.6. The van der Waals surface area contributed by atoms with Crippen molar-refractivity contribution in [1.82, 2.24) is 9.80 Å². The Balaban J connectivity index is 1.17. The van der Waals surface area contributed by atoms with Crippen LogP contribution in [0.25, 0.3) is 0 Å². The summed E-state index contributed by atoms with van der Waals surface area (Å²) in [7, 11) is 1.41. The number of carbonyl (C=O) groups is 1. The van der Waals surface area contributed by atoms with Gasteiger partial charge in [-0.1, -0.05) is 29.8 Å². The van der Waals surface area contributed by atoms with Gasteiger partial charge in [0.25, 0.3) is 0 Å². The Bertz CT molecular complexity index is 1010. The smallest absolute Gasteiger partial charge is 0.311 e. The summed E-state index contributed by atoms with van der Waals surface area (Å²) in [5.41, 5.74) is 2.65. The zero-order valence-electron chi connectivity index (χ0n) is 20.7. The number of carbonyl (C=O) groups excluding carboxylic acids is 1. The molecule has 2 aromatic rings. The molecule has 2 saturated heterocycles. The van der Waals surface area contributed by atoms with Gasteiger partial charge in [-0.25, -0.2) is 0 Å². The van der Waals surface area contributed by atoms with Gasteiger partial charge in [0.15, 0.2) is 0 Å². The second-order valence-corrected chi connectivity index (χ2v) is 9.57. The predicted molar refractivity (Wildman–Crippen MR) is 134 cm³/mol. The average molecular weight is 482 g/mol. The molecule has 1 amide bonds. The van der Waals surface area contributed by atoms with Crippen molar-refractivity contribution in [2.75, 3.05) is 39.8 Å². The molecule has 2 fully saturated rings. The van der Waals surface area contributed by atoms with E-state index in [2.05, 4.69) is 36.1 Å². The molecule has 0 bridgehead atoms. The number of ether oxygens (including phenoxy) is 2. The number of methoxy groups -OCH3 is 1. The van der Waals surface area contributed by atoms with E-state index in [9.17, 15) is 14.9 Å². The molecule has 188 valence electrons. The summed E-state index contributed by atoms with van der Waals surface area (Å²) < 4.78 is 11.1. The fourth-order valence-corrected chi connectivity index (χ4v) is 5.04. The lowest BCUT2D eigenvalue weighted by Crippen LogP contribution is -2.43. The van der Waals surface area contributed by atoms with Crippen molar-refractivity contribution < 1.29 is 19.2 Å². The van der Waals surface area contributed by atoms with Crippen LogP contribution in [0, 0.1) is 17.0 Å². The lowest BCUT2D eigenvalue weighted by Gasteiger charge is -2.34. The van der Waals surface area contributed by atoms with Crippen LogP contribution in [0.3, 0.4) is 0 Å². The molecule has 4 rings (SSSR count). The Kier molecular flexibility index (Phi) is 8.23. The Morgan fingerprint density at radius 3 is 2.34 bits per heavy atom. The first-order valence-corrected chi connectivity index (χ1v) is 12.5. The number of likely N-dealkylation sites (tertiary alicyclic amines) is 2. The molecule has 0 unspecified atom stereocenters. The van der Waals surface area contributed by atoms with Gasteiger partial charge < -0.3 is 19.3 Å². The van der Waals surface area contributed by atoms with Gasteiger partial charge in [0, 0.05) is 51.0 Å². The molecule has 0 aromatic heterocycles. The molecule has 0 radical (unpaired) electrons. The number of amides is 1. The maximum atomic E-state index is 12.8. The Morgan fingerprint density at radius 2 is 1.71 bits per heavy atom. The summed E-state index contributed by atoms with van der Waals surface area (Å²) in [6.07, 6.45) is 4.31. The highest BCUT2D eigenvalue weighted by Crippen LogP contribution is 2.32. The van der Waals surface area contributed by atoms with E-state index in [1.165, 1.54) is 24.3 Å². The number of nitro groups is 1. The Morgan fingerprint density at radius 1 is 1.03 bits per heavy atom. The lowest BCUT2D eigenvalue weighted by molar-refractivity contribution is -0.385. The van der Waals surface area contributed by atoms with Crippen LogP contribution in [0.4, 0.5) is 5.69 Å². The number of rotatable bonds is 8. The fraction of sp³-hybridized carbons (Fsp3) is 0.519. The van der Waals surface area contributed by atoms with Crippen LogP contribution in [0.5, 0.6) is 11.5 Å². The third-order valence-corrected chi connectivity index (χ3v) is 7.22. The van der Waals surface area contributed by atoms with E-state index in [-0.39, 0.29) is 23.4 Å². The molecule has 8 nitrogen and oxygen atoms in total. The zero-order chi connectivity index (χ0) is 24.8. The number of piperidine rings is 2. The Labute approximate surface area is 207 Å². The standard InChI is InChI=1S/C27H35N3O5/c1-20-3-5-21(6-4-20)22-9-14-28(15-10-22)16-13-27(31)29-17-11-23(12-18-29)35-24-7-8-25(30(32)33)26(19-24)34-2/h3-8,19,22-23H,9-18H2,1-2H3. The molecule has 0 atom stereocenters. The van der Waals surface area contributed by atoms with E-state index in [1.807, 2.05) is 4.90 Å². The number of hydrogen-bond donors (Lipinski definition) is 0. The van der Waals surface area contributed by atoms with Crippen LogP contribution in [-0.2, 0) is 4.79 Å². The number of benzene rings is 2. The van der Waals surface area contributed by atoms with E-state index in [0.29, 0.717) is 31.2 Å². The van der Waals surface area contributed by atoms with Crippen LogP contribution in [0.2, 0.25) is 0 Å². The minimum Gasteiger partial charge on any atom is -0.490 e. The quantitative estimate of drug-likeness (QED) is 0.406. The van der Waals surface area contributed by atoms with E-state index in [1.54, 1.807) is 12.1 Å². The Hall–Kier alpha value is -3.13. The van der Waals surface area contributed by atoms with Crippen molar-refractivity contribution in [3.05, 3.63) is 63.7 Å². The normalized spacial score (nSPS) is 17.8. The van der Waals surface area contributed by atoms with Crippen LogP contribution >= 0.6 is 0 Å². The molecular formula is C27H35N3O5. The second-order valence-electron chi connectivity index (χ2n) is 9.57. The molecular weight excluding hydrogens is 446 g/mol. The topological polar surface area (TPSA) is 85.2 Å². The van der Waals surface area contributed by atoms with Crippen LogP contribution < -0.4 is 9.47 Å². The van der Waals surface area contributed by atoms with Gasteiger partial charge in [-0.15, -0.1) is 0 Å². The van der Waals surface area contributed by atoms with Crippen molar-refractivity contribution >= 4 is 11.6 Å². The van der Waals surface area contributed by atoms with E-state index in [4.69, 9.17) is 9.47 Å². The van der Waals surface area contributed by atoms with Gasteiger partial charge in [-0.05, 0) is 50.4 Å². The molecule has 35 heavy (non-hydrogen) atoms. The van der Waals surface area contributed by atoms with Gasteiger partial charge in [-0.3, -0.25) is 14.9 Å². The van der Waals surface area contributed by atoms with E-state index >= 15 is 0 Å². The van der Waals surface area contributed by atoms with Crippen LogP contribution in [-0.4, -0.2) is 66.6 Å². The summed E-state index contributed by atoms with van der Waals surface area (Å²) in [5, 5.41) is 11.1. The van der Waals surface area contributed by atoms with Gasteiger partial charge >= 0.3 is 5.69 Å². The maximum Gasteiger partial charge on any atom is 0.311 e. The van der Waals surface area contributed by atoms with Crippen molar-refractivity contribution in [2.24, 2.45) is 0 Å². The molecule has 0 aliphatic carbocycles. The highest BCUT2D eigenvalue weighted by Gasteiger charge is 2.26. The third kappa shape index (κ3) is 6.51. The first kappa shape index (κ1) is 25.0. The molecule has 8 heteroatoms.